The van der Waals surface area contributed by atoms with Crippen molar-refractivity contribution < 1.29 is 9.53 Å². The highest BCUT2D eigenvalue weighted by atomic mass is 32.1. The summed E-state index contributed by atoms with van der Waals surface area (Å²) in [6, 6.07) is 4.29. The Morgan fingerprint density at radius 1 is 1.44 bits per heavy atom. The Bertz CT molecular complexity index is 736. The standard InChI is InChI=1S/C18H22N4O2S/c1-13-20-15(12-25-13)18(23)22-6-4-17-16(11-22)21(7-8-24-17)10-14-3-2-5-19-9-14/h2-3,5,9,12,16-17H,4,6-8,10-11H2,1H3/t16-,17-/m0/s1. The van der Waals surface area contributed by atoms with Crippen molar-refractivity contribution in [2.45, 2.75) is 32.0 Å². The summed E-state index contributed by atoms with van der Waals surface area (Å²) in [4.78, 5) is 25.7. The number of morpholine rings is 1. The Hall–Kier alpha value is -1.83. The van der Waals surface area contributed by atoms with Crippen LogP contribution >= 0.6 is 11.3 Å². The third-order valence-electron chi connectivity index (χ3n) is 4.93. The number of ether oxygens (including phenoxy) is 1. The minimum absolute atomic E-state index is 0.0368. The highest BCUT2D eigenvalue weighted by molar-refractivity contribution is 7.09. The van der Waals surface area contributed by atoms with Gasteiger partial charge in [0, 0.05) is 44.0 Å². The van der Waals surface area contributed by atoms with Crippen molar-refractivity contribution >= 4 is 17.2 Å². The number of hydrogen-bond donors (Lipinski definition) is 0. The highest BCUT2D eigenvalue weighted by Gasteiger charge is 2.38. The van der Waals surface area contributed by atoms with Crippen LogP contribution in [-0.2, 0) is 11.3 Å². The molecule has 2 aromatic rings. The molecule has 0 N–H and O–H groups in total. The van der Waals surface area contributed by atoms with Gasteiger partial charge in [-0.1, -0.05) is 6.07 Å². The van der Waals surface area contributed by atoms with E-state index in [-0.39, 0.29) is 18.1 Å². The Labute approximate surface area is 151 Å². The number of nitrogens with zero attached hydrogens (tertiary/aromatic N) is 4. The molecule has 0 bridgehead atoms. The van der Waals surface area contributed by atoms with E-state index in [2.05, 4.69) is 20.9 Å². The molecule has 2 fully saturated rings. The van der Waals surface area contributed by atoms with Gasteiger partial charge in [0.15, 0.2) is 0 Å². The number of amides is 1. The number of fused-ring (bicyclic) bond motifs is 1. The summed E-state index contributed by atoms with van der Waals surface area (Å²) < 4.78 is 5.98. The number of aryl methyl sites for hydroxylation is 1. The number of rotatable bonds is 3. The van der Waals surface area contributed by atoms with Crippen LogP contribution in [0.4, 0.5) is 0 Å². The van der Waals surface area contributed by atoms with Crippen LogP contribution in [0.25, 0.3) is 0 Å². The van der Waals surface area contributed by atoms with E-state index in [1.54, 1.807) is 6.20 Å². The maximum Gasteiger partial charge on any atom is 0.273 e. The van der Waals surface area contributed by atoms with Crippen LogP contribution in [-0.4, -0.2) is 64.1 Å². The van der Waals surface area contributed by atoms with Crippen LogP contribution in [0.2, 0.25) is 0 Å². The summed E-state index contributed by atoms with van der Waals surface area (Å²) in [7, 11) is 0. The first-order valence-electron chi connectivity index (χ1n) is 8.66. The third-order valence-corrected chi connectivity index (χ3v) is 5.71. The average molecular weight is 358 g/mol. The molecule has 25 heavy (non-hydrogen) atoms. The van der Waals surface area contributed by atoms with Gasteiger partial charge in [0.25, 0.3) is 5.91 Å². The molecule has 4 heterocycles. The molecule has 0 spiro atoms. The number of likely N-dealkylation sites (tertiary alicyclic amines) is 1. The van der Waals surface area contributed by atoms with Crippen LogP contribution in [0.1, 0.15) is 27.5 Å². The maximum absolute atomic E-state index is 12.8. The second kappa shape index (κ2) is 7.19. The van der Waals surface area contributed by atoms with Gasteiger partial charge < -0.3 is 9.64 Å². The molecule has 0 saturated carbocycles. The number of pyridine rings is 1. The minimum atomic E-state index is 0.0368. The first kappa shape index (κ1) is 16.6. The van der Waals surface area contributed by atoms with Crippen molar-refractivity contribution in [2.75, 3.05) is 26.2 Å². The fourth-order valence-corrected chi connectivity index (χ4v) is 4.26. The quantitative estimate of drug-likeness (QED) is 0.839. The van der Waals surface area contributed by atoms with Crippen LogP contribution < -0.4 is 0 Å². The Balaban J connectivity index is 1.48. The normalized spacial score (nSPS) is 24.1. The lowest BCUT2D eigenvalue weighted by Crippen LogP contribution is -2.60. The van der Waals surface area contributed by atoms with E-state index < -0.39 is 0 Å². The van der Waals surface area contributed by atoms with Crippen LogP contribution in [0.15, 0.2) is 29.9 Å². The van der Waals surface area contributed by atoms with Gasteiger partial charge in [0.1, 0.15) is 5.69 Å². The molecular weight excluding hydrogens is 336 g/mol. The van der Waals surface area contributed by atoms with E-state index in [9.17, 15) is 4.79 Å². The number of hydrogen-bond acceptors (Lipinski definition) is 6. The van der Waals surface area contributed by atoms with Gasteiger partial charge in [0.2, 0.25) is 0 Å². The van der Waals surface area contributed by atoms with Gasteiger partial charge in [-0.3, -0.25) is 14.7 Å². The minimum Gasteiger partial charge on any atom is -0.375 e. The van der Waals surface area contributed by atoms with Gasteiger partial charge in [-0.15, -0.1) is 11.3 Å². The summed E-state index contributed by atoms with van der Waals surface area (Å²) in [5.74, 6) is 0.0368. The zero-order valence-electron chi connectivity index (χ0n) is 14.3. The number of carbonyl (C=O) groups excluding carboxylic acids is 1. The number of piperidine rings is 1. The number of aromatic nitrogens is 2. The predicted molar refractivity (Wildman–Crippen MR) is 95.5 cm³/mol. The fourth-order valence-electron chi connectivity index (χ4n) is 3.67. The van der Waals surface area contributed by atoms with E-state index in [0.29, 0.717) is 12.2 Å². The van der Waals surface area contributed by atoms with E-state index in [0.717, 1.165) is 37.7 Å². The first-order valence-corrected chi connectivity index (χ1v) is 9.54. The Morgan fingerprint density at radius 2 is 2.36 bits per heavy atom. The molecule has 2 atom stereocenters. The molecule has 0 unspecified atom stereocenters. The van der Waals surface area contributed by atoms with E-state index in [4.69, 9.17) is 4.74 Å². The summed E-state index contributed by atoms with van der Waals surface area (Å²) in [6.07, 6.45) is 4.78. The average Bonchev–Trinajstić information content (AvgIpc) is 3.08. The molecule has 4 rings (SSSR count). The van der Waals surface area contributed by atoms with Crippen molar-refractivity contribution in [3.8, 4) is 0 Å². The molecule has 2 aliphatic rings. The van der Waals surface area contributed by atoms with Gasteiger partial charge in [-0.2, -0.15) is 0 Å². The van der Waals surface area contributed by atoms with Crippen LogP contribution in [0.3, 0.4) is 0 Å². The molecule has 7 heteroatoms. The lowest BCUT2D eigenvalue weighted by atomic mass is 9.98. The number of carbonyl (C=O) groups is 1. The highest BCUT2D eigenvalue weighted by Crippen LogP contribution is 2.25. The van der Waals surface area contributed by atoms with Gasteiger partial charge >= 0.3 is 0 Å². The van der Waals surface area contributed by atoms with Crippen molar-refractivity contribution in [1.82, 2.24) is 19.8 Å². The molecule has 132 valence electrons. The molecule has 0 radical (unpaired) electrons. The van der Waals surface area contributed by atoms with Gasteiger partial charge in [-0.05, 0) is 25.0 Å². The summed E-state index contributed by atoms with van der Waals surface area (Å²) in [5, 5.41) is 2.78. The zero-order valence-corrected chi connectivity index (χ0v) is 15.1. The molecular formula is C18H22N4O2S. The van der Waals surface area contributed by atoms with Crippen molar-refractivity contribution in [3.63, 3.8) is 0 Å². The van der Waals surface area contributed by atoms with Crippen molar-refractivity contribution in [1.29, 1.82) is 0 Å². The smallest absolute Gasteiger partial charge is 0.273 e. The second-order valence-electron chi connectivity index (χ2n) is 6.60. The van der Waals surface area contributed by atoms with Crippen LogP contribution in [0.5, 0.6) is 0 Å². The topological polar surface area (TPSA) is 58.6 Å². The van der Waals surface area contributed by atoms with E-state index in [1.165, 1.54) is 16.9 Å². The molecule has 2 aromatic heterocycles. The molecule has 0 aliphatic carbocycles. The summed E-state index contributed by atoms with van der Waals surface area (Å²) in [5.41, 5.74) is 1.76. The molecule has 6 nitrogen and oxygen atoms in total. The molecule has 2 saturated heterocycles. The maximum atomic E-state index is 12.8. The third kappa shape index (κ3) is 3.58. The molecule has 0 aromatic carbocycles. The van der Waals surface area contributed by atoms with Crippen molar-refractivity contribution in [3.05, 3.63) is 46.2 Å². The monoisotopic (exact) mass is 358 g/mol. The Kier molecular flexibility index (Phi) is 4.78. The largest absolute Gasteiger partial charge is 0.375 e. The predicted octanol–water partition coefficient (Wildman–Crippen LogP) is 1.96. The second-order valence-corrected chi connectivity index (χ2v) is 7.66. The fraction of sp³-hybridized carbons (Fsp3) is 0.500. The zero-order chi connectivity index (χ0) is 17.2. The van der Waals surface area contributed by atoms with E-state index >= 15 is 0 Å². The lowest BCUT2D eigenvalue weighted by Gasteiger charge is -2.47. The first-order chi connectivity index (χ1) is 12.2. The lowest BCUT2D eigenvalue weighted by molar-refractivity contribution is -0.101. The van der Waals surface area contributed by atoms with Crippen LogP contribution in [0, 0.1) is 6.92 Å². The molecule has 2 aliphatic heterocycles. The molecule has 1 amide bonds. The van der Waals surface area contributed by atoms with Crippen molar-refractivity contribution in [2.24, 2.45) is 0 Å². The Morgan fingerprint density at radius 3 is 3.12 bits per heavy atom. The SMILES string of the molecule is Cc1nc(C(=O)N2CC[C@@H]3OCCN(Cc4cccnc4)[C@H]3C2)cs1. The summed E-state index contributed by atoms with van der Waals surface area (Å²) in [6.45, 7) is 5.83. The number of thiazole rings is 1. The van der Waals surface area contributed by atoms with Gasteiger partial charge in [-0.25, -0.2) is 4.98 Å². The van der Waals surface area contributed by atoms with E-state index in [1.807, 2.05) is 29.5 Å². The summed E-state index contributed by atoms with van der Waals surface area (Å²) >= 11 is 1.52. The van der Waals surface area contributed by atoms with Gasteiger partial charge in [0.05, 0.1) is 23.8 Å².